The molecule has 2 heterocycles. The maximum Gasteiger partial charge on any atom is 0.237 e. The van der Waals surface area contributed by atoms with E-state index in [0.717, 1.165) is 50.0 Å². The molecule has 1 aromatic carbocycles. The summed E-state index contributed by atoms with van der Waals surface area (Å²) in [5.74, 6) is -3.16. The quantitative estimate of drug-likeness (QED) is 0.564. The number of rotatable bonds is 8. The molecule has 4 N–H and O–H groups in total. The number of hydrogen-bond donors (Lipinski definition) is 3. The molecule has 0 radical (unpaired) electrons. The Balaban J connectivity index is 1.70. The number of carbonyl (C=O) groups is 2. The van der Waals surface area contributed by atoms with Gasteiger partial charge in [-0.1, -0.05) is 18.6 Å². The van der Waals surface area contributed by atoms with Crippen molar-refractivity contribution in [1.82, 2.24) is 20.5 Å². The highest BCUT2D eigenvalue weighted by molar-refractivity contribution is 5.86. The molecule has 0 unspecified atom stereocenters. The first-order valence-electron chi connectivity index (χ1n) is 11.2. The molecule has 0 bridgehead atoms. The number of carbonyl (C=O) groups excluding carboxylic acids is 2. The van der Waals surface area contributed by atoms with Crippen LogP contribution in [0.2, 0.25) is 0 Å². The monoisotopic (exact) mass is 459 g/mol. The molecule has 1 fully saturated rings. The molecule has 0 spiro atoms. The Morgan fingerprint density at radius 2 is 1.79 bits per heavy atom. The van der Waals surface area contributed by atoms with Crippen LogP contribution < -0.4 is 16.4 Å². The van der Waals surface area contributed by atoms with Crippen molar-refractivity contribution >= 4 is 17.6 Å². The Kier molecular flexibility index (Phi) is 8.32. The van der Waals surface area contributed by atoms with Crippen LogP contribution in [-0.2, 0) is 16.1 Å². The first kappa shape index (κ1) is 24.6. The van der Waals surface area contributed by atoms with Gasteiger partial charge in [0.15, 0.2) is 11.6 Å². The van der Waals surface area contributed by atoms with Crippen molar-refractivity contribution in [3.05, 3.63) is 58.8 Å². The lowest BCUT2D eigenvalue weighted by atomic mass is 9.97. The van der Waals surface area contributed by atoms with Crippen molar-refractivity contribution in [2.75, 3.05) is 25.4 Å². The number of amides is 2. The molecule has 1 aromatic heterocycles. The minimum atomic E-state index is -1.04. The second-order valence-electron chi connectivity index (χ2n) is 8.44. The zero-order valence-electron chi connectivity index (χ0n) is 19.0. The van der Waals surface area contributed by atoms with Gasteiger partial charge in [0.2, 0.25) is 11.8 Å². The van der Waals surface area contributed by atoms with E-state index in [1.807, 2.05) is 6.92 Å². The molecule has 0 saturated carbocycles. The Hall–Kier alpha value is -3.07. The number of benzene rings is 1. The highest BCUT2D eigenvalue weighted by Crippen LogP contribution is 2.20. The molecule has 33 heavy (non-hydrogen) atoms. The minimum Gasteiger partial charge on any atom is -0.384 e. The lowest BCUT2D eigenvalue weighted by Crippen LogP contribution is -2.48. The van der Waals surface area contributed by atoms with Gasteiger partial charge in [0.25, 0.3) is 0 Å². The molecular weight excluding hydrogens is 428 g/mol. The molecule has 1 aliphatic rings. The number of nitrogens with two attached hydrogens (primary N) is 1. The zero-order chi connectivity index (χ0) is 24.0. The van der Waals surface area contributed by atoms with Crippen molar-refractivity contribution in [3.63, 3.8) is 0 Å². The second-order valence-corrected chi connectivity index (χ2v) is 8.44. The summed E-state index contributed by atoms with van der Waals surface area (Å²) in [6.45, 7) is 5.49. The molecule has 1 saturated heterocycles. The van der Waals surface area contributed by atoms with E-state index < -0.39 is 23.5 Å². The van der Waals surface area contributed by atoms with E-state index in [2.05, 4.69) is 20.5 Å². The Labute approximate surface area is 192 Å². The van der Waals surface area contributed by atoms with Gasteiger partial charge in [-0.05, 0) is 69.1 Å². The molecule has 2 aromatic rings. The van der Waals surface area contributed by atoms with Gasteiger partial charge in [0.1, 0.15) is 5.82 Å². The van der Waals surface area contributed by atoms with E-state index in [1.54, 1.807) is 19.1 Å². The van der Waals surface area contributed by atoms with E-state index in [4.69, 9.17) is 5.73 Å². The van der Waals surface area contributed by atoms with Gasteiger partial charge >= 0.3 is 0 Å². The number of aryl methyl sites for hydroxylation is 1. The van der Waals surface area contributed by atoms with Crippen molar-refractivity contribution in [2.45, 2.75) is 51.6 Å². The fourth-order valence-corrected chi connectivity index (χ4v) is 4.01. The molecular formula is C24H31F2N5O2. The molecule has 1 aliphatic heterocycles. The normalized spacial score (nSPS) is 16.1. The van der Waals surface area contributed by atoms with Gasteiger partial charge in [-0.3, -0.25) is 14.5 Å². The number of likely N-dealkylation sites (tertiary alicyclic amines) is 1. The summed E-state index contributed by atoms with van der Waals surface area (Å²) in [6, 6.07) is 6.42. The van der Waals surface area contributed by atoms with E-state index in [0.29, 0.717) is 11.5 Å². The molecule has 0 aliphatic carbocycles. The van der Waals surface area contributed by atoms with Crippen molar-refractivity contribution in [1.29, 1.82) is 0 Å². The van der Waals surface area contributed by atoms with Crippen LogP contribution in [0.1, 0.15) is 48.9 Å². The van der Waals surface area contributed by atoms with Crippen LogP contribution in [0.25, 0.3) is 0 Å². The number of aromatic nitrogens is 1. The predicted molar refractivity (Wildman–Crippen MR) is 122 cm³/mol. The van der Waals surface area contributed by atoms with E-state index in [1.165, 1.54) is 6.07 Å². The number of halogens is 2. The summed E-state index contributed by atoms with van der Waals surface area (Å²) in [6.07, 6.45) is 3.26. The summed E-state index contributed by atoms with van der Waals surface area (Å²) in [4.78, 5) is 32.1. The Morgan fingerprint density at radius 3 is 2.45 bits per heavy atom. The third-order valence-corrected chi connectivity index (χ3v) is 6.13. The number of pyridine rings is 1. The maximum absolute atomic E-state index is 13.9. The SMILES string of the molecule is Cc1nc(N)ccc1CNC(=O)[C@@H](CNC(=O)[C@H](C)N1CCCCC1)c1ccc(F)c(F)c1. The van der Waals surface area contributed by atoms with Gasteiger partial charge in [-0.15, -0.1) is 0 Å². The number of nitrogens with zero attached hydrogens (tertiary/aromatic N) is 2. The summed E-state index contributed by atoms with van der Waals surface area (Å²) in [5.41, 5.74) is 7.42. The van der Waals surface area contributed by atoms with Gasteiger partial charge in [-0.2, -0.15) is 0 Å². The van der Waals surface area contributed by atoms with E-state index in [-0.39, 0.29) is 30.6 Å². The number of hydrogen-bond acceptors (Lipinski definition) is 5. The minimum absolute atomic E-state index is 0.0348. The summed E-state index contributed by atoms with van der Waals surface area (Å²) in [5, 5.41) is 5.63. The van der Waals surface area contributed by atoms with Crippen LogP contribution in [0, 0.1) is 18.6 Å². The van der Waals surface area contributed by atoms with Gasteiger partial charge in [0, 0.05) is 18.8 Å². The fourth-order valence-electron chi connectivity index (χ4n) is 4.01. The van der Waals surface area contributed by atoms with Gasteiger partial charge in [0.05, 0.1) is 12.0 Å². The first-order valence-corrected chi connectivity index (χ1v) is 11.2. The molecule has 2 atom stereocenters. The summed E-state index contributed by atoms with van der Waals surface area (Å²) in [7, 11) is 0. The average Bonchev–Trinajstić information content (AvgIpc) is 2.80. The number of nitrogen functional groups attached to an aromatic ring is 1. The molecule has 3 rings (SSSR count). The maximum atomic E-state index is 13.9. The third-order valence-electron chi connectivity index (χ3n) is 6.13. The van der Waals surface area contributed by atoms with Crippen LogP contribution in [0.15, 0.2) is 30.3 Å². The number of anilines is 1. The Bertz CT molecular complexity index is 995. The smallest absolute Gasteiger partial charge is 0.237 e. The lowest BCUT2D eigenvalue weighted by Gasteiger charge is -2.31. The highest BCUT2D eigenvalue weighted by atomic mass is 19.2. The number of piperidine rings is 1. The molecule has 2 amide bonds. The van der Waals surface area contributed by atoms with E-state index in [9.17, 15) is 18.4 Å². The fraction of sp³-hybridized carbons (Fsp3) is 0.458. The second kappa shape index (κ2) is 11.2. The van der Waals surface area contributed by atoms with Gasteiger partial charge < -0.3 is 16.4 Å². The zero-order valence-corrected chi connectivity index (χ0v) is 19.0. The molecule has 178 valence electrons. The molecule has 7 nitrogen and oxygen atoms in total. The topological polar surface area (TPSA) is 100 Å². The van der Waals surface area contributed by atoms with Crippen LogP contribution in [0.5, 0.6) is 0 Å². The van der Waals surface area contributed by atoms with Crippen LogP contribution >= 0.6 is 0 Å². The largest absolute Gasteiger partial charge is 0.384 e. The first-order chi connectivity index (χ1) is 15.8. The van der Waals surface area contributed by atoms with Crippen LogP contribution in [0.4, 0.5) is 14.6 Å². The standard InChI is InChI=1S/C24H31F2N5O2/c1-15-18(7-9-22(27)30-15)13-28-24(33)19(17-6-8-20(25)21(26)12-17)14-29-23(32)16(2)31-10-4-3-5-11-31/h6-9,12,16,19H,3-5,10-11,13-14H2,1-2H3,(H2,27,30)(H,28,33)(H,29,32)/t16-,19-/m0/s1. The van der Waals surface area contributed by atoms with Crippen molar-refractivity contribution < 1.29 is 18.4 Å². The van der Waals surface area contributed by atoms with Crippen LogP contribution in [0.3, 0.4) is 0 Å². The third kappa shape index (κ3) is 6.47. The van der Waals surface area contributed by atoms with Crippen molar-refractivity contribution in [2.24, 2.45) is 0 Å². The highest BCUT2D eigenvalue weighted by Gasteiger charge is 2.26. The van der Waals surface area contributed by atoms with Crippen LogP contribution in [-0.4, -0.2) is 47.4 Å². The summed E-state index contributed by atoms with van der Waals surface area (Å²) < 4.78 is 27.4. The van der Waals surface area contributed by atoms with Crippen molar-refractivity contribution in [3.8, 4) is 0 Å². The Morgan fingerprint density at radius 1 is 1.06 bits per heavy atom. The lowest BCUT2D eigenvalue weighted by molar-refractivity contribution is -0.126. The number of nitrogens with one attached hydrogen (secondary N) is 2. The predicted octanol–water partition coefficient (Wildman–Crippen LogP) is 2.64. The van der Waals surface area contributed by atoms with Gasteiger partial charge in [-0.25, -0.2) is 13.8 Å². The summed E-state index contributed by atoms with van der Waals surface area (Å²) >= 11 is 0. The molecule has 9 heteroatoms. The average molecular weight is 460 g/mol. The van der Waals surface area contributed by atoms with E-state index >= 15 is 0 Å².